The summed E-state index contributed by atoms with van der Waals surface area (Å²) < 4.78 is 42.4. The molecule has 0 saturated heterocycles. The molecular weight excluding hydrogens is 259 g/mol. The Balaban J connectivity index is 2.22. The molecule has 0 aliphatic carbocycles. The number of rotatable bonds is 3. The molecule has 0 atom stereocenters. The fourth-order valence-electron chi connectivity index (χ4n) is 1.46. The van der Waals surface area contributed by atoms with Gasteiger partial charge in [-0.1, -0.05) is 12.1 Å². The Labute approximate surface area is 106 Å². The fourth-order valence-corrected chi connectivity index (χ4v) is 1.46. The number of ether oxygens (including phenoxy) is 1. The summed E-state index contributed by atoms with van der Waals surface area (Å²) in [5.41, 5.74) is -0.677. The topological polar surface area (TPSA) is 38.7 Å². The molecule has 0 fully saturated rings. The van der Waals surface area contributed by atoms with E-state index in [2.05, 4.69) is 5.18 Å². The van der Waals surface area contributed by atoms with Crippen LogP contribution in [0, 0.1) is 4.91 Å². The maximum atomic E-state index is 12.4. The van der Waals surface area contributed by atoms with E-state index in [-0.39, 0.29) is 17.2 Å². The summed E-state index contributed by atoms with van der Waals surface area (Å²) in [5, 5.41) is 2.77. The zero-order valence-corrected chi connectivity index (χ0v) is 9.52. The molecule has 3 nitrogen and oxygen atoms in total. The van der Waals surface area contributed by atoms with Crippen molar-refractivity contribution in [3.05, 3.63) is 59.0 Å². The average molecular weight is 267 g/mol. The molecule has 0 amide bonds. The predicted octanol–water partition coefficient (Wildman–Crippen LogP) is 4.90. The van der Waals surface area contributed by atoms with Crippen LogP contribution in [0.3, 0.4) is 0 Å². The van der Waals surface area contributed by atoms with Crippen molar-refractivity contribution in [1.82, 2.24) is 0 Å². The van der Waals surface area contributed by atoms with Crippen molar-refractivity contribution in [2.45, 2.75) is 6.18 Å². The summed E-state index contributed by atoms with van der Waals surface area (Å²) in [6.07, 6.45) is -4.39. The van der Waals surface area contributed by atoms with E-state index in [9.17, 15) is 18.1 Å². The Morgan fingerprint density at radius 2 is 1.58 bits per heavy atom. The first-order valence-corrected chi connectivity index (χ1v) is 5.28. The zero-order valence-electron chi connectivity index (χ0n) is 9.52. The Kier molecular flexibility index (Phi) is 3.50. The fraction of sp³-hybridized carbons (Fsp3) is 0.0769. The van der Waals surface area contributed by atoms with E-state index in [1.165, 1.54) is 24.3 Å². The minimum absolute atomic E-state index is 0.0856. The van der Waals surface area contributed by atoms with Crippen molar-refractivity contribution in [2.24, 2.45) is 5.18 Å². The van der Waals surface area contributed by atoms with Crippen LogP contribution in [0.2, 0.25) is 0 Å². The molecule has 2 aromatic carbocycles. The second kappa shape index (κ2) is 5.09. The predicted molar refractivity (Wildman–Crippen MR) is 63.4 cm³/mol. The first-order chi connectivity index (χ1) is 9.00. The van der Waals surface area contributed by atoms with Gasteiger partial charge in [0.15, 0.2) is 11.4 Å². The molecule has 6 heteroatoms. The van der Waals surface area contributed by atoms with Gasteiger partial charge in [-0.25, -0.2) is 0 Å². The number of benzene rings is 2. The number of nitroso groups, excluding NO2 is 1. The van der Waals surface area contributed by atoms with Gasteiger partial charge in [0.2, 0.25) is 0 Å². The first kappa shape index (κ1) is 13.1. The maximum Gasteiger partial charge on any atom is 0.416 e. The summed E-state index contributed by atoms with van der Waals surface area (Å²) in [6.45, 7) is 0. The zero-order chi connectivity index (χ0) is 13.9. The Morgan fingerprint density at radius 3 is 2.16 bits per heavy atom. The molecule has 0 unspecified atom stereocenters. The Hall–Kier alpha value is -2.37. The highest BCUT2D eigenvalue weighted by atomic mass is 19.4. The van der Waals surface area contributed by atoms with E-state index < -0.39 is 11.7 Å². The number of alkyl halides is 3. The third-order valence-electron chi connectivity index (χ3n) is 2.37. The van der Waals surface area contributed by atoms with Gasteiger partial charge in [0.1, 0.15) is 5.75 Å². The van der Waals surface area contributed by atoms with Crippen LogP contribution in [0.5, 0.6) is 11.5 Å². The summed E-state index contributed by atoms with van der Waals surface area (Å²) in [6, 6.07) is 10.4. The normalized spacial score (nSPS) is 11.1. The molecular formula is C13H8F3NO2. The number of hydrogen-bond acceptors (Lipinski definition) is 3. The molecule has 0 radical (unpaired) electrons. The lowest BCUT2D eigenvalue weighted by atomic mass is 10.2. The maximum absolute atomic E-state index is 12.4. The summed E-state index contributed by atoms with van der Waals surface area (Å²) in [7, 11) is 0. The lowest BCUT2D eigenvalue weighted by molar-refractivity contribution is -0.137. The highest BCUT2D eigenvalue weighted by Crippen LogP contribution is 2.34. The van der Waals surface area contributed by atoms with Gasteiger partial charge in [-0.05, 0) is 41.6 Å². The van der Waals surface area contributed by atoms with Crippen molar-refractivity contribution >= 4 is 5.69 Å². The van der Waals surface area contributed by atoms with Gasteiger partial charge in [-0.2, -0.15) is 13.2 Å². The second-order valence-corrected chi connectivity index (χ2v) is 3.68. The van der Waals surface area contributed by atoms with Crippen molar-refractivity contribution in [1.29, 1.82) is 0 Å². The van der Waals surface area contributed by atoms with E-state index >= 15 is 0 Å². The van der Waals surface area contributed by atoms with Crippen molar-refractivity contribution in [2.75, 3.05) is 0 Å². The Morgan fingerprint density at radius 1 is 0.947 bits per heavy atom. The van der Waals surface area contributed by atoms with Crippen molar-refractivity contribution in [3.8, 4) is 11.5 Å². The summed E-state index contributed by atoms with van der Waals surface area (Å²) >= 11 is 0. The van der Waals surface area contributed by atoms with Gasteiger partial charge in [0.25, 0.3) is 0 Å². The van der Waals surface area contributed by atoms with Crippen LogP contribution in [0.15, 0.2) is 53.7 Å². The molecule has 19 heavy (non-hydrogen) atoms. The SMILES string of the molecule is O=Nc1ccccc1Oc1ccc(C(F)(F)F)cc1. The third-order valence-corrected chi connectivity index (χ3v) is 2.37. The molecule has 0 bridgehead atoms. The van der Waals surface area contributed by atoms with E-state index in [4.69, 9.17) is 4.74 Å². The van der Waals surface area contributed by atoms with Crippen molar-refractivity contribution < 1.29 is 17.9 Å². The number of nitrogens with zero attached hydrogens (tertiary/aromatic N) is 1. The van der Waals surface area contributed by atoms with E-state index in [0.717, 1.165) is 12.1 Å². The van der Waals surface area contributed by atoms with Crippen LogP contribution in [-0.2, 0) is 6.18 Å². The first-order valence-electron chi connectivity index (χ1n) is 5.28. The third kappa shape index (κ3) is 3.09. The second-order valence-electron chi connectivity index (χ2n) is 3.68. The van der Waals surface area contributed by atoms with E-state index in [0.29, 0.717) is 0 Å². The molecule has 0 heterocycles. The van der Waals surface area contributed by atoms with Crippen molar-refractivity contribution in [3.63, 3.8) is 0 Å². The highest BCUT2D eigenvalue weighted by molar-refractivity contribution is 5.52. The van der Waals surface area contributed by atoms with Gasteiger partial charge in [0, 0.05) is 0 Å². The largest absolute Gasteiger partial charge is 0.455 e. The molecule has 0 aliphatic heterocycles. The van der Waals surface area contributed by atoms with Crippen LogP contribution in [-0.4, -0.2) is 0 Å². The van der Waals surface area contributed by atoms with Gasteiger partial charge in [-0.3, -0.25) is 0 Å². The molecule has 0 saturated carbocycles. The van der Waals surface area contributed by atoms with Crippen LogP contribution < -0.4 is 4.74 Å². The minimum atomic E-state index is -4.39. The number of hydrogen-bond donors (Lipinski definition) is 0. The molecule has 98 valence electrons. The average Bonchev–Trinajstić information content (AvgIpc) is 2.39. The molecule has 0 aliphatic rings. The molecule has 2 aromatic rings. The molecule has 0 spiro atoms. The van der Waals surface area contributed by atoms with Gasteiger partial charge in [-0.15, -0.1) is 4.91 Å². The molecule has 0 aromatic heterocycles. The number of halogens is 3. The lowest BCUT2D eigenvalue weighted by Gasteiger charge is -2.09. The van der Waals surface area contributed by atoms with Gasteiger partial charge >= 0.3 is 6.18 Å². The standard InChI is InChI=1S/C13H8F3NO2/c14-13(15,16)9-5-7-10(8-6-9)19-12-4-2-1-3-11(12)17-18/h1-8H. The van der Waals surface area contributed by atoms with Crippen LogP contribution in [0.25, 0.3) is 0 Å². The smallest absolute Gasteiger partial charge is 0.416 e. The van der Waals surface area contributed by atoms with Gasteiger partial charge < -0.3 is 4.74 Å². The monoisotopic (exact) mass is 267 g/mol. The minimum Gasteiger partial charge on any atom is -0.455 e. The molecule has 2 rings (SSSR count). The summed E-state index contributed by atoms with van der Waals surface area (Å²) in [5.74, 6) is 0.390. The number of para-hydroxylation sites is 1. The lowest BCUT2D eigenvalue weighted by Crippen LogP contribution is -2.03. The van der Waals surface area contributed by atoms with E-state index in [1.807, 2.05) is 0 Å². The van der Waals surface area contributed by atoms with Crippen LogP contribution >= 0.6 is 0 Å². The van der Waals surface area contributed by atoms with Gasteiger partial charge in [0.05, 0.1) is 5.56 Å². The summed E-state index contributed by atoms with van der Waals surface area (Å²) in [4.78, 5) is 10.5. The Bertz CT molecular complexity index is 579. The van der Waals surface area contributed by atoms with E-state index in [1.54, 1.807) is 12.1 Å². The van der Waals surface area contributed by atoms with Crippen LogP contribution in [0.4, 0.5) is 18.9 Å². The van der Waals surface area contributed by atoms with Crippen LogP contribution in [0.1, 0.15) is 5.56 Å². The quantitative estimate of drug-likeness (QED) is 0.742. The highest BCUT2D eigenvalue weighted by Gasteiger charge is 2.30. The molecule has 0 N–H and O–H groups in total.